The second-order valence-electron chi connectivity index (χ2n) is 14.4. The summed E-state index contributed by atoms with van der Waals surface area (Å²) in [5.74, 6) is 1.83. The van der Waals surface area contributed by atoms with Crippen molar-refractivity contribution >= 4 is 75.3 Å². The SMILES string of the molecule is c1ccc(-c2ccc(-c3nc(-c4ccc5c(c4)oc4c5ccc5c6ccccc6n(-c6ccccc6)c54)nc(-c4ccc5c(c4)sc4ccccc45)n3)cc2)cc1. The maximum absolute atomic E-state index is 6.89. The van der Waals surface area contributed by atoms with Crippen molar-refractivity contribution in [1.29, 1.82) is 0 Å². The Morgan fingerprint density at radius 1 is 0.386 bits per heavy atom. The molecule has 5 nitrogen and oxygen atoms in total. The number of aromatic nitrogens is 4. The number of nitrogens with zero attached hydrogens (tertiary/aromatic N) is 4. The standard InChI is InChI=1S/C51H30N4OS/c1-3-11-31(12-4-1)32-19-21-33(22-20-32)49-52-50(54-51(53-49)35-24-26-40-39-16-8-10-18-45(39)57-46(40)30-35)34-23-25-38-42-28-27-41-37-15-7-9-17-43(37)55(36-13-5-2-6-14-36)47(41)48(42)56-44(38)29-34/h1-30H. The summed E-state index contributed by atoms with van der Waals surface area (Å²) in [5.41, 5.74) is 9.95. The van der Waals surface area contributed by atoms with Crippen LogP contribution in [0.2, 0.25) is 0 Å². The highest BCUT2D eigenvalue weighted by atomic mass is 32.1. The van der Waals surface area contributed by atoms with E-state index in [4.69, 9.17) is 19.4 Å². The molecule has 0 fully saturated rings. The highest BCUT2D eigenvalue weighted by Gasteiger charge is 2.20. The molecule has 0 aliphatic carbocycles. The van der Waals surface area contributed by atoms with Crippen molar-refractivity contribution in [3.63, 3.8) is 0 Å². The number of rotatable bonds is 5. The van der Waals surface area contributed by atoms with Gasteiger partial charge in [-0.3, -0.25) is 0 Å². The fourth-order valence-corrected chi connectivity index (χ4v) is 9.48. The van der Waals surface area contributed by atoms with E-state index >= 15 is 0 Å². The molecule has 12 rings (SSSR count). The number of fused-ring (bicyclic) bond motifs is 10. The fraction of sp³-hybridized carbons (Fsp3) is 0. The van der Waals surface area contributed by atoms with E-state index in [0.717, 1.165) is 66.3 Å². The number of para-hydroxylation sites is 2. The summed E-state index contributed by atoms with van der Waals surface area (Å²) < 4.78 is 11.7. The van der Waals surface area contributed by atoms with Crippen LogP contribution < -0.4 is 0 Å². The first-order valence-electron chi connectivity index (χ1n) is 19.0. The van der Waals surface area contributed by atoms with Gasteiger partial charge in [0, 0.05) is 64.1 Å². The fourth-order valence-electron chi connectivity index (χ4n) is 8.34. The smallest absolute Gasteiger partial charge is 0.164 e. The summed E-state index contributed by atoms with van der Waals surface area (Å²) in [7, 11) is 0. The van der Waals surface area contributed by atoms with E-state index in [1.54, 1.807) is 11.3 Å². The zero-order chi connectivity index (χ0) is 37.5. The molecule has 0 radical (unpaired) electrons. The molecule has 0 spiro atoms. The van der Waals surface area contributed by atoms with E-state index in [1.165, 1.54) is 31.1 Å². The minimum Gasteiger partial charge on any atom is -0.454 e. The normalized spacial score (nSPS) is 11.9. The molecule has 6 heteroatoms. The molecule has 0 saturated carbocycles. The van der Waals surface area contributed by atoms with Crippen LogP contribution in [-0.4, -0.2) is 19.5 Å². The minimum atomic E-state index is 0.587. The third-order valence-corrected chi connectivity index (χ3v) is 12.2. The summed E-state index contributed by atoms with van der Waals surface area (Å²) in [6.45, 7) is 0. The number of benzene rings is 8. The van der Waals surface area contributed by atoms with Crippen LogP contribution in [0.1, 0.15) is 0 Å². The second kappa shape index (κ2) is 12.6. The van der Waals surface area contributed by atoms with Gasteiger partial charge in [0.1, 0.15) is 5.58 Å². The molecular formula is C51H30N4OS. The Balaban J connectivity index is 1.04. The number of hydrogen-bond acceptors (Lipinski definition) is 5. The Labute approximate surface area is 330 Å². The van der Waals surface area contributed by atoms with Crippen molar-refractivity contribution in [3.8, 4) is 51.0 Å². The summed E-state index contributed by atoms with van der Waals surface area (Å²) in [6.07, 6.45) is 0. The van der Waals surface area contributed by atoms with E-state index in [9.17, 15) is 0 Å². The van der Waals surface area contributed by atoms with E-state index < -0.39 is 0 Å². The number of furan rings is 1. The van der Waals surface area contributed by atoms with Gasteiger partial charge in [-0.15, -0.1) is 11.3 Å². The maximum Gasteiger partial charge on any atom is 0.164 e. The van der Waals surface area contributed by atoms with Gasteiger partial charge in [0.15, 0.2) is 23.1 Å². The van der Waals surface area contributed by atoms with Crippen LogP contribution in [0.4, 0.5) is 0 Å². The molecule has 0 unspecified atom stereocenters. The summed E-state index contributed by atoms with van der Waals surface area (Å²) in [4.78, 5) is 15.4. The Kier molecular flexibility index (Phi) is 7.03. The highest BCUT2D eigenvalue weighted by Crippen LogP contribution is 2.41. The van der Waals surface area contributed by atoms with Crippen molar-refractivity contribution < 1.29 is 4.42 Å². The molecule has 8 aromatic carbocycles. The lowest BCUT2D eigenvalue weighted by molar-refractivity contribution is 0.671. The van der Waals surface area contributed by atoms with Crippen LogP contribution in [-0.2, 0) is 0 Å². The van der Waals surface area contributed by atoms with Crippen LogP contribution in [0.15, 0.2) is 186 Å². The van der Waals surface area contributed by atoms with E-state index in [0.29, 0.717) is 17.5 Å². The van der Waals surface area contributed by atoms with Crippen molar-refractivity contribution in [2.75, 3.05) is 0 Å². The van der Waals surface area contributed by atoms with Crippen LogP contribution in [0.25, 0.3) is 115 Å². The second-order valence-corrected chi connectivity index (χ2v) is 15.5. The van der Waals surface area contributed by atoms with Gasteiger partial charge in [0.05, 0.1) is 11.0 Å². The molecule has 4 heterocycles. The molecule has 0 saturated heterocycles. The zero-order valence-corrected chi connectivity index (χ0v) is 31.2. The van der Waals surface area contributed by atoms with Gasteiger partial charge in [-0.1, -0.05) is 133 Å². The Morgan fingerprint density at radius 3 is 1.72 bits per heavy atom. The van der Waals surface area contributed by atoms with Gasteiger partial charge in [0.2, 0.25) is 0 Å². The Hall–Kier alpha value is -7.41. The Morgan fingerprint density at radius 2 is 0.930 bits per heavy atom. The first-order chi connectivity index (χ1) is 28.2. The summed E-state index contributed by atoms with van der Waals surface area (Å²) in [6, 6.07) is 63.7. The molecule has 4 aromatic heterocycles. The molecule has 266 valence electrons. The maximum atomic E-state index is 6.89. The summed E-state index contributed by atoms with van der Waals surface area (Å²) >= 11 is 1.79. The predicted molar refractivity (Wildman–Crippen MR) is 236 cm³/mol. The lowest BCUT2D eigenvalue weighted by Crippen LogP contribution is -2.00. The van der Waals surface area contributed by atoms with Crippen LogP contribution in [0, 0.1) is 0 Å². The summed E-state index contributed by atoms with van der Waals surface area (Å²) in [5, 5.41) is 6.95. The lowest BCUT2D eigenvalue weighted by Gasteiger charge is -2.09. The van der Waals surface area contributed by atoms with Crippen LogP contribution >= 0.6 is 11.3 Å². The molecule has 0 bridgehead atoms. The molecule has 0 atom stereocenters. The average molecular weight is 747 g/mol. The molecule has 12 aromatic rings. The van der Waals surface area contributed by atoms with Crippen molar-refractivity contribution in [1.82, 2.24) is 19.5 Å². The monoisotopic (exact) mass is 746 g/mol. The molecule has 57 heavy (non-hydrogen) atoms. The van der Waals surface area contributed by atoms with Crippen molar-refractivity contribution in [2.45, 2.75) is 0 Å². The van der Waals surface area contributed by atoms with Crippen molar-refractivity contribution in [2.24, 2.45) is 0 Å². The zero-order valence-electron chi connectivity index (χ0n) is 30.4. The third-order valence-electron chi connectivity index (χ3n) is 11.1. The topological polar surface area (TPSA) is 56.7 Å². The minimum absolute atomic E-state index is 0.587. The first kappa shape index (κ1) is 31.9. The molecule has 0 amide bonds. The molecular weight excluding hydrogens is 717 g/mol. The largest absolute Gasteiger partial charge is 0.454 e. The van der Waals surface area contributed by atoms with Gasteiger partial charge in [-0.05, 0) is 59.7 Å². The van der Waals surface area contributed by atoms with Gasteiger partial charge in [0.25, 0.3) is 0 Å². The molecule has 0 N–H and O–H groups in total. The highest BCUT2D eigenvalue weighted by molar-refractivity contribution is 7.25. The van der Waals surface area contributed by atoms with E-state index in [-0.39, 0.29) is 0 Å². The van der Waals surface area contributed by atoms with Gasteiger partial charge < -0.3 is 8.98 Å². The van der Waals surface area contributed by atoms with Crippen molar-refractivity contribution in [3.05, 3.63) is 182 Å². The van der Waals surface area contributed by atoms with Crippen LogP contribution in [0.3, 0.4) is 0 Å². The van der Waals surface area contributed by atoms with Gasteiger partial charge >= 0.3 is 0 Å². The molecule has 0 aliphatic heterocycles. The predicted octanol–water partition coefficient (Wildman–Crippen LogP) is 13.9. The molecule has 0 aliphatic rings. The quantitative estimate of drug-likeness (QED) is 0.176. The van der Waals surface area contributed by atoms with Gasteiger partial charge in [-0.2, -0.15) is 0 Å². The van der Waals surface area contributed by atoms with Crippen LogP contribution in [0.5, 0.6) is 0 Å². The third kappa shape index (κ3) is 5.12. The first-order valence-corrected chi connectivity index (χ1v) is 19.8. The van der Waals surface area contributed by atoms with Gasteiger partial charge in [-0.25, -0.2) is 15.0 Å². The van der Waals surface area contributed by atoms with E-state index in [1.807, 2.05) is 6.07 Å². The number of hydrogen-bond donors (Lipinski definition) is 0. The number of thiophene rings is 1. The lowest BCUT2D eigenvalue weighted by atomic mass is 10.0. The van der Waals surface area contributed by atoms with E-state index in [2.05, 4.69) is 180 Å². The average Bonchev–Trinajstić information content (AvgIpc) is 3.96. The Bertz CT molecular complexity index is 3510.